The SMILES string of the molecule is CC1=CN2NCC(C(=O)Nc3cccc(C#N)c3)C2C(=O)N1c1ccc(CCOCC(F)(F)F)cc1. The molecule has 0 saturated carbocycles. The molecule has 0 bridgehead atoms. The Kier molecular flexibility index (Phi) is 7.28. The number of nitrogens with zero attached hydrogens (tertiary/aromatic N) is 3. The van der Waals surface area contributed by atoms with Crippen LogP contribution >= 0.6 is 0 Å². The van der Waals surface area contributed by atoms with E-state index in [9.17, 15) is 22.8 Å². The lowest BCUT2D eigenvalue weighted by atomic mass is 9.97. The van der Waals surface area contributed by atoms with Crippen LogP contribution in [0.4, 0.5) is 24.5 Å². The lowest BCUT2D eigenvalue weighted by Crippen LogP contribution is -2.53. The van der Waals surface area contributed by atoms with E-state index >= 15 is 0 Å². The van der Waals surface area contributed by atoms with E-state index in [1.807, 2.05) is 6.07 Å². The summed E-state index contributed by atoms with van der Waals surface area (Å²) >= 11 is 0. The third kappa shape index (κ3) is 5.67. The number of halogens is 3. The predicted molar refractivity (Wildman–Crippen MR) is 125 cm³/mol. The van der Waals surface area contributed by atoms with Crippen LogP contribution in [0.15, 0.2) is 60.4 Å². The summed E-state index contributed by atoms with van der Waals surface area (Å²) in [4.78, 5) is 28.1. The van der Waals surface area contributed by atoms with Crippen LogP contribution in [0.3, 0.4) is 0 Å². The number of carbonyl (C=O) groups excluding carboxylic acids is 2. The van der Waals surface area contributed by atoms with Crippen LogP contribution in [-0.4, -0.2) is 48.8 Å². The standard InChI is InChI=1S/C25H24F3N5O3/c1-16-14-32-22(21(13-30-32)23(34)31-19-4-2-3-18(11-19)12-29)24(35)33(16)20-7-5-17(6-8-20)9-10-36-15-25(26,27)28/h2-8,11,14,21-22,30H,9-10,13,15H2,1H3,(H,31,34). The lowest BCUT2D eigenvalue weighted by Gasteiger charge is -2.36. The van der Waals surface area contributed by atoms with Gasteiger partial charge >= 0.3 is 6.18 Å². The molecule has 11 heteroatoms. The van der Waals surface area contributed by atoms with Gasteiger partial charge in [0.05, 0.1) is 24.2 Å². The van der Waals surface area contributed by atoms with Crippen molar-refractivity contribution in [2.24, 2.45) is 5.92 Å². The highest BCUT2D eigenvalue weighted by Crippen LogP contribution is 2.31. The van der Waals surface area contributed by atoms with Crippen LogP contribution in [0.25, 0.3) is 0 Å². The minimum Gasteiger partial charge on any atom is -0.372 e. The number of allylic oxidation sites excluding steroid dienone is 1. The number of carbonyl (C=O) groups is 2. The van der Waals surface area contributed by atoms with Gasteiger partial charge in [-0.15, -0.1) is 0 Å². The van der Waals surface area contributed by atoms with Crippen LogP contribution in [0.2, 0.25) is 0 Å². The van der Waals surface area contributed by atoms with Crippen molar-refractivity contribution in [3.63, 3.8) is 0 Å². The zero-order valence-electron chi connectivity index (χ0n) is 19.4. The van der Waals surface area contributed by atoms with Gasteiger partial charge in [-0.05, 0) is 49.2 Å². The van der Waals surface area contributed by atoms with Gasteiger partial charge in [0.1, 0.15) is 12.6 Å². The quantitative estimate of drug-likeness (QED) is 0.568. The van der Waals surface area contributed by atoms with Gasteiger partial charge in [-0.2, -0.15) is 18.4 Å². The van der Waals surface area contributed by atoms with Gasteiger partial charge in [0.25, 0.3) is 5.91 Å². The van der Waals surface area contributed by atoms with Gasteiger partial charge < -0.3 is 15.1 Å². The highest BCUT2D eigenvalue weighted by molar-refractivity contribution is 6.05. The van der Waals surface area contributed by atoms with E-state index < -0.39 is 24.7 Å². The molecule has 2 unspecified atom stereocenters. The van der Waals surface area contributed by atoms with Crippen molar-refractivity contribution in [1.29, 1.82) is 5.26 Å². The summed E-state index contributed by atoms with van der Waals surface area (Å²) < 4.78 is 41.3. The molecule has 36 heavy (non-hydrogen) atoms. The van der Waals surface area contributed by atoms with Crippen LogP contribution in [0.1, 0.15) is 18.1 Å². The first kappa shape index (κ1) is 25.2. The number of amides is 2. The Hall–Kier alpha value is -3.88. The maximum Gasteiger partial charge on any atom is 0.411 e. The number of rotatable bonds is 7. The molecule has 2 aliphatic rings. The van der Waals surface area contributed by atoms with E-state index in [1.165, 1.54) is 4.90 Å². The van der Waals surface area contributed by atoms with E-state index in [-0.39, 0.29) is 25.0 Å². The van der Waals surface area contributed by atoms with E-state index in [0.29, 0.717) is 29.1 Å². The molecule has 0 spiro atoms. The Morgan fingerprint density at radius 3 is 2.69 bits per heavy atom. The van der Waals surface area contributed by atoms with Crippen LogP contribution in [0, 0.1) is 17.2 Å². The van der Waals surface area contributed by atoms with Crippen molar-refractivity contribution >= 4 is 23.2 Å². The Morgan fingerprint density at radius 2 is 2.00 bits per heavy atom. The smallest absolute Gasteiger partial charge is 0.372 e. The minimum absolute atomic E-state index is 0.0722. The second kappa shape index (κ2) is 10.4. The number of nitriles is 1. The Labute approximate surface area is 205 Å². The van der Waals surface area contributed by atoms with Crippen molar-refractivity contribution in [2.45, 2.75) is 25.6 Å². The summed E-state index contributed by atoms with van der Waals surface area (Å²) in [6, 6.07) is 14.7. The average molecular weight is 499 g/mol. The van der Waals surface area contributed by atoms with E-state index in [2.05, 4.69) is 15.5 Å². The molecule has 1 fully saturated rings. The second-order valence-electron chi connectivity index (χ2n) is 8.53. The van der Waals surface area contributed by atoms with Crippen molar-refractivity contribution < 1.29 is 27.5 Å². The fourth-order valence-corrected chi connectivity index (χ4v) is 4.25. The number of hydrazine groups is 1. The highest BCUT2D eigenvalue weighted by atomic mass is 19.4. The molecule has 2 aromatic carbocycles. The van der Waals surface area contributed by atoms with Crippen LogP contribution < -0.4 is 15.6 Å². The molecule has 0 aromatic heterocycles. The molecule has 2 amide bonds. The number of ether oxygens (including phenoxy) is 1. The number of anilines is 2. The molecule has 4 rings (SSSR count). The number of alkyl halides is 3. The zero-order valence-corrected chi connectivity index (χ0v) is 19.4. The number of fused-ring (bicyclic) bond motifs is 1. The Bertz CT molecular complexity index is 1210. The number of benzene rings is 2. The minimum atomic E-state index is -4.36. The molecule has 0 radical (unpaired) electrons. The van der Waals surface area contributed by atoms with Gasteiger partial charge in [0.15, 0.2) is 0 Å². The predicted octanol–water partition coefficient (Wildman–Crippen LogP) is 3.33. The molecule has 2 heterocycles. The second-order valence-corrected chi connectivity index (χ2v) is 8.53. The first-order chi connectivity index (χ1) is 17.2. The number of hydrogen-bond donors (Lipinski definition) is 2. The molecule has 2 atom stereocenters. The fraction of sp³-hybridized carbons (Fsp3) is 0.320. The molecule has 8 nitrogen and oxygen atoms in total. The maximum absolute atomic E-state index is 13.5. The van der Waals surface area contributed by atoms with Crippen LogP contribution in [0.5, 0.6) is 0 Å². The first-order valence-electron chi connectivity index (χ1n) is 11.2. The van der Waals surface area contributed by atoms with Crippen molar-refractivity contribution in [2.75, 3.05) is 30.0 Å². The monoisotopic (exact) mass is 499 g/mol. The lowest BCUT2D eigenvalue weighted by molar-refractivity contribution is -0.173. The van der Waals surface area contributed by atoms with Crippen molar-refractivity contribution in [1.82, 2.24) is 10.4 Å². The summed E-state index contributed by atoms with van der Waals surface area (Å²) in [5.74, 6) is -1.31. The normalized spacial score (nSPS) is 19.5. The third-order valence-electron chi connectivity index (χ3n) is 5.92. The molecule has 1 saturated heterocycles. The molecular weight excluding hydrogens is 475 g/mol. The van der Waals surface area contributed by atoms with E-state index in [0.717, 1.165) is 5.56 Å². The molecule has 2 aromatic rings. The summed E-state index contributed by atoms with van der Waals surface area (Å²) in [6.45, 7) is 0.670. The Morgan fingerprint density at radius 1 is 1.25 bits per heavy atom. The highest BCUT2D eigenvalue weighted by Gasteiger charge is 2.47. The molecule has 188 valence electrons. The summed E-state index contributed by atoms with van der Waals surface area (Å²) in [5.41, 5.74) is 5.96. The number of hydrogen-bond acceptors (Lipinski definition) is 6. The van der Waals surface area contributed by atoms with Gasteiger partial charge in [-0.1, -0.05) is 18.2 Å². The fourth-order valence-electron chi connectivity index (χ4n) is 4.25. The zero-order chi connectivity index (χ0) is 25.9. The third-order valence-corrected chi connectivity index (χ3v) is 5.92. The van der Waals surface area contributed by atoms with Gasteiger partial charge in [0, 0.05) is 29.8 Å². The van der Waals surface area contributed by atoms with Gasteiger partial charge in [-0.25, -0.2) is 5.43 Å². The van der Waals surface area contributed by atoms with Gasteiger partial charge in [-0.3, -0.25) is 14.5 Å². The van der Waals surface area contributed by atoms with Crippen LogP contribution in [-0.2, 0) is 20.7 Å². The van der Waals surface area contributed by atoms with E-state index in [4.69, 9.17) is 5.26 Å². The summed E-state index contributed by atoms with van der Waals surface area (Å²) in [6.07, 6.45) is -2.30. The molecule has 2 N–H and O–H groups in total. The Balaban J connectivity index is 1.44. The first-order valence-corrected chi connectivity index (χ1v) is 11.2. The molecular formula is C25H24F3N5O3. The molecule has 2 aliphatic heterocycles. The number of nitrogens with one attached hydrogen (secondary N) is 2. The van der Waals surface area contributed by atoms with E-state index in [1.54, 1.807) is 66.7 Å². The average Bonchev–Trinajstić information content (AvgIpc) is 3.26. The van der Waals surface area contributed by atoms with Gasteiger partial charge in [0.2, 0.25) is 5.91 Å². The molecule has 0 aliphatic carbocycles. The maximum atomic E-state index is 13.5. The van der Waals surface area contributed by atoms with Crippen molar-refractivity contribution in [3.8, 4) is 6.07 Å². The topological polar surface area (TPSA) is 97.7 Å². The summed E-state index contributed by atoms with van der Waals surface area (Å²) in [7, 11) is 0. The largest absolute Gasteiger partial charge is 0.411 e. The summed E-state index contributed by atoms with van der Waals surface area (Å²) in [5, 5.41) is 13.5. The van der Waals surface area contributed by atoms with Crippen molar-refractivity contribution in [3.05, 3.63) is 71.6 Å².